The Hall–Kier alpha value is -1.65. The van der Waals surface area contributed by atoms with E-state index in [2.05, 4.69) is 4.74 Å². The van der Waals surface area contributed by atoms with Crippen LogP contribution in [0.2, 0.25) is 0 Å². The lowest BCUT2D eigenvalue weighted by Gasteiger charge is -2.18. The molecule has 2 N–H and O–H groups in total. The van der Waals surface area contributed by atoms with E-state index in [0.717, 1.165) is 11.1 Å². The molecular formula is C13H14O4. The monoisotopic (exact) mass is 234 g/mol. The van der Waals surface area contributed by atoms with Crippen LogP contribution in [0.4, 0.5) is 0 Å². The molecule has 0 saturated carbocycles. The maximum absolute atomic E-state index is 11.2. The number of hydrogen-bond acceptors (Lipinski definition) is 4. The van der Waals surface area contributed by atoms with Gasteiger partial charge in [-0.1, -0.05) is 30.4 Å². The number of benzene rings is 1. The van der Waals surface area contributed by atoms with Crippen LogP contribution in [0.5, 0.6) is 0 Å². The summed E-state index contributed by atoms with van der Waals surface area (Å²) in [6, 6.07) is 5.43. The van der Waals surface area contributed by atoms with Crippen molar-refractivity contribution in [3.63, 3.8) is 0 Å². The zero-order valence-corrected chi connectivity index (χ0v) is 9.46. The standard InChI is InChI=1S/C13H14O4/c1-17-13(16)12(15)11(14)10-7-3-5-8-4-2-6-9(8)10/h2-5,7,11-12,14-15H,6H2,1H3. The van der Waals surface area contributed by atoms with E-state index >= 15 is 0 Å². The maximum Gasteiger partial charge on any atom is 0.337 e. The molecule has 0 amide bonds. The molecule has 0 bridgehead atoms. The number of carbonyl (C=O) groups excluding carboxylic acids is 1. The van der Waals surface area contributed by atoms with Gasteiger partial charge in [0.25, 0.3) is 0 Å². The lowest BCUT2D eigenvalue weighted by atomic mass is 9.95. The molecule has 0 aromatic heterocycles. The second-order valence-electron chi connectivity index (χ2n) is 3.93. The van der Waals surface area contributed by atoms with Crippen LogP contribution in [0.25, 0.3) is 6.08 Å². The number of hydrogen-bond donors (Lipinski definition) is 2. The molecule has 4 nitrogen and oxygen atoms in total. The molecule has 0 fully saturated rings. The average Bonchev–Trinajstić information content (AvgIpc) is 2.83. The van der Waals surface area contributed by atoms with Crippen LogP contribution >= 0.6 is 0 Å². The number of carbonyl (C=O) groups is 1. The molecule has 0 radical (unpaired) electrons. The van der Waals surface area contributed by atoms with Crippen LogP contribution in [0.15, 0.2) is 24.3 Å². The third kappa shape index (κ3) is 2.09. The normalized spacial score (nSPS) is 16.4. The smallest absolute Gasteiger partial charge is 0.337 e. The SMILES string of the molecule is COC(=O)C(O)C(O)c1cccc2c1CC=C2. The number of esters is 1. The summed E-state index contributed by atoms with van der Waals surface area (Å²) in [5.41, 5.74) is 2.53. The molecule has 1 aromatic rings. The zero-order chi connectivity index (χ0) is 12.4. The Labute approximate surface area is 99.2 Å². The summed E-state index contributed by atoms with van der Waals surface area (Å²) >= 11 is 0. The highest BCUT2D eigenvalue weighted by molar-refractivity contribution is 5.75. The van der Waals surface area contributed by atoms with Crippen molar-refractivity contribution in [1.29, 1.82) is 0 Å². The van der Waals surface area contributed by atoms with Gasteiger partial charge in [0, 0.05) is 0 Å². The van der Waals surface area contributed by atoms with E-state index in [1.807, 2.05) is 18.2 Å². The van der Waals surface area contributed by atoms with Crippen molar-refractivity contribution in [2.24, 2.45) is 0 Å². The summed E-state index contributed by atoms with van der Waals surface area (Å²) in [5.74, 6) is -0.832. The van der Waals surface area contributed by atoms with Crippen molar-refractivity contribution in [2.45, 2.75) is 18.6 Å². The third-order valence-electron chi connectivity index (χ3n) is 2.93. The molecule has 2 atom stereocenters. The number of aliphatic hydroxyl groups is 2. The lowest BCUT2D eigenvalue weighted by molar-refractivity contribution is -0.156. The van der Waals surface area contributed by atoms with Gasteiger partial charge in [-0.3, -0.25) is 0 Å². The topological polar surface area (TPSA) is 66.8 Å². The third-order valence-corrected chi connectivity index (χ3v) is 2.93. The van der Waals surface area contributed by atoms with Crippen LogP contribution < -0.4 is 0 Å². The van der Waals surface area contributed by atoms with Crippen LogP contribution in [0, 0.1) is 0 Å². The van der Waals surface area contributed by atoms with Gasteiger partial charge in [-0.25, -0.2) is 4.79 Å². The molecule has 90 valence electrons. The van der Waals surface area contributed by atoms with E-state index in [1.165, 1.54) is 7.11 Å². The quantitative estimate of drug-likeness (QED) is 0.760. The van der Waals surface area contributed by atoms with Gasteiger partial charge >= 0.3 is 5.97 Å². The van der Waals surface area contributed by atoms with Crippen LogP contribution in [0.3, 0.4) is 0 Å². The minimum absolute atomic E-state index is 0.574. The van der Waals surface area contributed by atoms with E-state index in [1.54, 1.807) is 12.1 Å². The first kappa shape index (κ1) is 11.8. The van der Waals surface area contributed by atoms with Gasteiger partial charge in [0.2, 0.25) is 0 Å². The summed E-state index contributed by atoms with van der Waals surface area (Å²) in [7, 11) is 1.18. The summed E-state index contributed by atoms with van der Waals surface area (Å²) < 4.78 is 4.41. The van der Waals surface area contributed by atoms with Crippen molar-refractivity contribution in [2.75, 3.05) is 7.11 Å². The Morgan fingerprint density at radius 3 is 2.88 bits per heavy atom. The zero-order valence-electron chi connectivity index (χ0n) is 9.46. The second-order valence-corrected chi connectivity index (χ2v) is 3.93. The molecule has 4 heteroatoms. The summed E-state index contributed by atoms with van der Waals surface area (Å²) in [4.78, 5) is 11.2. The fraction of sp³-hybridized carbons (Fsp3) is 0.308. The molecule has 1 aliphatic carbocycles. The summed E-state index contributed by atoms with van der Waals surface area (Å²) in [5, 5.41) is 19.6. The number of rotatable bonds is 3. The molecule has 0 heterocycles. The largest absolute Gasteiger partial charge is 0.467 e. The molecule has 0 aliphatic heterocycles. The molecule has 2 unspecified atom stereocenters. The van der Waals surface area contributed by atoms with Crippen molar-refractivity contribution >= 4 is 12.0 Å². The fourth-order valence-corrected chi connectivity index (χ4v) is 2.02. The first-order valence-corrected chi connectivity index (χ1v) is 5.37. The molecule has 17 heavy (non-hydrogen) atoms. The number of allylic oxidation sites excluding steroid dienone is 1. The molecule has 1 aromatic carbocycles. The summed E-state index contributed by atoms with van der Waals surface area (Å²) in [6.45, 7) is 0. The van der Waals surface area contributed by atoms with Gasteiger partial charge in [-0.05, 0) is 23.1 Å². The van der Waals surface area contributed by atoms with Crippen molar-refractivity contribution in [3.8, 4) is 0 Å². The Morgan fingerprint density at radius 1 is 1.41 bits per heavy atom. The van der Waals surface area contributed by atoms with Gasteiger partial charge < -0.3 is 14.9 Å². The minimum Gasteiger partial charge on any atom is -0.467 e. The summed E-state index contributed by atoms with van der Waals surface area (Å²) in [6.07, 6.45) is 1.84. The Balaban J connectivity index is 2.29. The number of ether oxygens (including phenoxy) is 1. The molecule has 0 saturated heterocycles. The van der Waals surface area contributed by atoms with Gasteiger partial charge in [0.1, 0.15) is 6.10 Å². The highest BCUT2D eigenvalue weighted by Crippen LogP contribution is 2.29. The predicted molar refractivity (Wildman–Crippen MR) is 62.2 cm³/mol. The van der Waals surface area contributed by atoms with Gasteiger partial charge in [-0.15, -0.1) is 0 Å². The maximum atomic E-state index is 11.2. The van der Waals surface area contributed by atoms with Crippen molar-refractivity contribution < 1.29 is 19.7 Å². The molecular weight excluding hydrogens is 220 g/mol. The highest BCUT2D eigenvalue weighted by atomic mass is 16.5. The van der Waals surface area contributed by atoms with E-state index in [-0.39, 0.29) is 0 Å². The Bertz CT molecular complexity index is 464. The number of aliphatic hydroxyl groups excluding tert-OH is 2. The minimum atomic E-state index is -1.55. The van der Waals surface area contributed by atoms with Crippen LogP contribution in [-0.2, 0) is 16.0 Å². The van der Waals surface area contributed by atoms with Crippen molar-refractivity contribution in [3.05, 3.63) is 41.0 Å². The van der Waals surface area contributed by atoms with Crippen molar-refractivity contribution in [1.82, 2.24) is 0 Å². The highest BCUT2D eigenvalue weighted by Gasteiger charge is 2.28. The average molecular weight is 234 g/mol. The fourth-order valence-electron chi connectivity index (χ4n) is 2.02. The number of methoxy groups -OCH3 is 1. The van der Waals surface area contributed by atoms with Gasteiger partial charge in [-0.2, -0.15) is 0 Å². The van der Waals surface area contributed by atoms with E-state index in [9.17, 15) is 15.0 Å². The van der Waals surface area contributed by atoms with Gasteiger partial charge in [0.05, 0.1) is 7.11 Å². The Morgan fingerprint density at radius 2 is 2.18 bits per heavy atom. The Kier molecular flexibility index (Phi) is 3.26. The van der Waals surface area contributed by atoms with E-state index in [4.69, 9.17) is 0 Å². The molecule has 1 aliphatic rings. The van der Waals surface area contributed by atoms with E-state index < -0.39 is 18.2 Å². The van der Waals surface area contributed by atoms with E-state index in [0.29, 0.717) is 12.0 Å². The molecule has 2 rings (SSSR count). The van der Waals surface area contributed by atoms with Gasteiger partial charge in [0.15, 0.2) is 6.10 Å². The second kappa shape index (κ2) is 4.69. The first-order valence-electron chi connectivity index (χ1n) is 5.37. The lowest BCUT2D eigenvalue weighted by Crippen LogP contribution is -2.29. The van der Waals surface area contributed by atoms with Crippen LogP contribution in [-0.4, -0.2) is 29.4 Å². The molecule has 0 spiro atoms. The predicted octanol–water partition coefficient (Wildman–Crippen LogP) is 0.823. The number of fused-ring (bicyclic) bond motifs is 1. The first-order chi connectivity index (χ1) is 8.15. The van der Waals surface area contributed by atoms with Crippen LogP contribution in [0.1, 0.15) is 22.8 Å².